The monoisotopic (exact) mass is 370 g/mol. The third kappa shape index (κ3) is 4.02. The Hall–Kier alpha value is -2.47. The van der Waals surface area contributed by atoms with Crippen molar-refractivity contribution >= 4 is 17.7 Å². The summed E-state index contributed by atoms with van der Waals surface area (Å²) in [6, 6.07) is 7.42. The number of ether oxygens (including phenoxy) is 1. The number of hydrogen-bond donors (Lipinski definition) is 1. The van der Waals surface area contributed by atoms with Crippen LogP contribution >= 0.6 is 11.8 Å². The van der Waals surface area contributed by atoms with Crippen molar-refractivity contribution in [2.24, 2.45) is 0 Å². The maximum Gasteiger partial charge on any atom is 0.235 e. The molecular formula is C20H22N2O3S. The van der Waals surface area contributed by atoms with Crippen LogP contribution in [0.3, 0.4) is 0 Å². The fraction of sp³-hybridized carbons (Fsp3) is 0.300. The highest BCUT2D eigenvalue weighted by Gasteiger charge is 2.26. The Labute approximate surface area is 157 Å². The maximum absolute atomic E-state index is 12.7. The molecule has 3 rings (SSSR count). The lowest BCUT2D eigenvalue weighted by molar-refractivity contribution is -0.131. The molecule has 0 radical (unpaired) electrons. The molecule has 1 amide bonds. The van der Waals surface area contributed by atoms with Crippen LogP contribution in [0.25, 0.3) is 11.1 Å². The normalized spacial score (nSPS) is 14.7. The first-order valence-electron chi connectivity index (χ1n) is 8.50. The molecule has 0 aliphatic carbocycles. The van der Waals surface area contributed by atoms with Gasteiger partial charge in [0.15, 0.2) is 11.5 Å². The first-order valence-corrected chi connectivity index (χ1v) is 9.55. The molecule has 0 saturated heterocycles. The number of pyridine rings is 1. The second-order valence-corrected chi connectivity index (χ2v) is 7.47. The van der Waals surface area contributed by atoms with Crippen molar-refractivity contribution < 1.29 is 14.6 Å². The maximum atomic E-state index is 12.7. The highest BCUT2D eigenvalue weighted by Crippen LogP contribution is 2.37. The molecule has 0 fully saturated rings. The molecule has 1 aromatic heterocycles. The molecule has 1 N–H and O–H groups in total. The fourth-order valence-corrected chi connectivity index (χ4v) is 3.64. The van der Waals surface area contributed by atoms with Gasteiger partial charge in [0, 0.05) is 35.8 Å². The average molecular weight is 370 g/mol. The van der Waals surface area contributed by atoms with Gasteiger partial charge >= 0.3 is 0 Å². The molecule has 2 aromatic rings. The second-order valence-electron chi connectivity index (χ2n) is 6.10. The molecule has 1 atom stereocenters. The molecule has 136 valence electrons. The van der Waals surface area contributed by atoms with Crippen LogP contribution in [0.5, 0.6) is 11.5 Å². The zero-order valence-corrected chi connectivity index (χ0v) is 15.5. The Morgan fingerprint density at radius 1 is 1.50 bits per heavy atom. The van der Waals surface area contributed by atoms with Crippen LogP contribution < -0.4 is 4.74 Å². The van der Waals surface area contributed by atoms with Gasteiger partial charge in [0.05, 0.1) is 11.8 Å². The fourth-order valence-electron chi connectivity index (χ4n) is 2.93. The van der Waals surface area contributed by atoms with Crippen molar-refractivity contribution in [2.45, 2.75) is 18.7 Å². The summed E-state index contributed by atoms with van der Waals surface area (Å²) in [7, 11) is 0. The number of benzene rings is 1. The third-order valence-corrected chi connectivity index (χ3v) is 5.36. The lowest BCUT2D eigenvalue weighted by Crippen LogP contribution is -2.37. The van der Waals surface area contributed by atoms with Gasteiger partial charge in [0.25, 0.3) is 0 Å². The van der Waals surface area contributed by atoms with E-state index in [9.17, 15) is 9.90 Å². The van der Waals surface area contributed by atoms with Gasteiger partial charge < -0.3 is 14.7 Å². The number of aromatic nitrogens is 1. The number of amides is 1. The summed E-state index contributed by atoms with van der Waals surface area (Å²) >= 11 is 1.56. The minimum absolute atomic E-state index is 0.0690. The van der Waals surface area contributed by atoms with E-state index in [1.54, 1.807) is 41.2 Å². The first kappa shape index (κ1) is 18.3. The van der Waals surface area contributed by atoms with E-state index in [0.717, 1.165) is 22.4 Å². The van der Waals surface area contributed by atoms with Crippen LogP contribution in [-0.2, 0) is 11.3 Å². The van der Waals surface area contributed by atoms with Crippen molar-refractivity contribution in [3.63, 3.8) is 0 Å². The molecule has 5 nitrogen and oxygen atoms in total. The predicted molar refractivity (Wildman–Crippen MR) is 104 cm³/mol. The van der Waals surface area contributed by atoms with Crippen LogP contribution in [0, 0.1) is 0 Å². The van der Waals surface area contributed by atoms with E-state index in [4.69, 9.17) is 4.74 Å². The average Bonchev–Trinajstić information content (AvgIpc) is 2.89. The van der Waals surface area contributed by atoms with Gasteiger partial charge in [-0.15, -0.1) is 18.3 Å². The Balaban J connectivity index is 1.88. The number of aromatic hydroxyl groups is 1. The van der Waals surface area contributed by atoms with Gasteiger partial charge in [0.1, 0.15) is 6.61 Å². The van der Waals surface area contributed by atoms with Crippen LogP contribution in [-0.4, -0.2) is 45.1 Å². The van der Waals surface area contributed by atoms with Crippen molar-refractivity contribution in [3.05, 3.63) is 54.9 Å². The van der Waals surface area contributed by atoms with Crippen LogP contribution in [0.1, 0.15) is 12.5 Å². The Morgan fingerprint density at radius 2 is 2.35 bits per heavy atom. The smallest absolute Gasteiger partial charge is 0.235 e. The summed E-state index contributed by atoms with van der Waals surface area (Å²) in [5, 5.41) is 10.3. The van der Waals surface area contributed by atoms with Crippen LogP contribution in [0.2, 0.25) is 0 Å². The Kier molecular flexibility index (Phi) is 5.83. The lowest BCUT2D eigenvalue weighted by Gasteiger charge is -2.23. The van der Waals surface area contributed by atoms with Gasteiger partial charge in [-0.05, 0) is 30.7 Å². The van der Waals surface area contributed by atoms with Crippen molar-refractivity contribution in [3.8, 4) is 22.6 Å². The largest absolute Gasteiger partial charge is 0.504 e. The zero-order valence-electron chi connectivity index (χ0n) is 14.7. The summed E-state index contributed by atoms with van der Waals surface area (Å²) in [5.41, 5.74) is 2.56. The number of phenolic OH excluding ortho intramolecular Hbond substituents is 1. The molecular weight excluding hydrogens is 348 g/mol. The number of phenols is 1. The van der Waals surface area contributed by atoms with Crippen molar-refractivity contribution in [2.75, 3.05) is 18.9 Å². The molecule has 0 saturated carbocycles. The number of rotatable bonds is 5. The molecule has 2 heterocycles. The lowest BCUT2D eigenvalue weighted by atomic mass is 10.0. The third-order valence-electron chi connectivity index (χ3n) is 4.23. The van der Waals surface area contributed by atoms with E-state index >= 15 is 0 Å². The van der Waals surface area contributed by atoms with Crippen LogP contribution in [0.4, 0.5) is 0 Å². The van der Waals surface area contributed by atoms with E-state index in [1.807, 2.05) is 25.1 Å². The van der Waals surface area contributed by atoms with Gasteiger partial charge in [-0.3, -0.25) is 9.78 Å². The van der Waals surface area contributed by atoms with Crippen molar-refractivity contribution in [1.82, 2.24) is 9.88 Å². The topological polar surface area (TPSA) is 62.7 Å². The predicted octanol–water partition coefficient (Wildman–Crippen LogP) is 3.48. The Morgan fingerprint density at radius 3 is 3.08 bits per heavy atom. The van der Waals surface area contributed by atoms with E-state index in [2.05, 4.69) is 11.6 Å². The van der Waals surface area contributed by atoms with E-state index in [1.165, 1.54) is 0 Å². The molecule has 0 bridgehead atoms. The highest BCUT2D eigenvalue weighted by molar-refractivity contribution is 8.00. The number of carbonyl (C=O) groups is 1. The standard InChI is InChI=1S/C20H22N2O3S/c1-3-9-26-14(2)20(24)22-7-8-25-19-17(13-22)10-16(11-18(19)23)15-5-4-6-21-12-15/h3-6,10-12,14,23H,1,7-9,13H2,2H3. The molecule has 1 aliphatic rings. The number of carbonyl (C=O) groups excluding carboxylic acids is 1. The van der Waals surface area contributed by atoms with Gasteiger partial charge in [-0.25, -0.2) is 0 Å². The van der Waals surface area contributed by atoms with Gasteiger partial charge in [-0.1, -0.05) is 12.1 Å². The molecule has 1 unspecified atom stereocenters. The summed E-state index contributed by atoms with van der Waals surface area (Å²) < 4.78 is 5.73. The van der Waals surface area contributed by atoms with E-state index in [-0.39, 0.29) is 16.9 Å². The van der Waals surface area contributed by atoms with Gasteiger partial charge in [0.2, 0.25) is 5.91 Å². The quantitative estimate of drug-likeness (QED) is 0.817. The number of nitrogens with zero attached hydrogens (tertiary/aromatic N) is 2. The second kappa shape index (κ2) is 8.27. The summed E-state index contributed by atoms with van der Waals surface area (Å²) in [6.45, 7) is 6.87. The van der Waals surface area contributed by atoms with Crippen LogP contribution in [0.15, 0.2) is 49.3 Å². The number of hydrogen-bond acceptors (Lipinski definition) is 5. The van der Waals surface area contributed by atoms with Gasteiger partial charge in [-0.2, -0.15) is 0 Å². The molecule has 6 heteroatoms. The summed E-state index contributed by atoms with van der Waals surface area (Å²) in [5.74, 6) is 1.35. The first-order chi connectivity index (χ1) is 12.6. The van der Waals surface area contributed by atoms with E-state index in [0.29, 0.717) is 25.4 Å². The zero-order chi connectivity index (χ0) is 18.5. The SMILES string of the molecule is C=CCSC(C)C(=O)N1CCOc2c(O)cc(-c3cccnc3)cc2C1. The minimum atomic E-state index is -0.148. The number of fused-ring (bicyclic) bond motifs is 1. The van der Waals surface area contributed by atoms with Crippen molar-refractivity contribution in [1.29, 1.82) is 0 Å². The Bertz CT molecular complexity index is 795. The molecule has 1 aliphatic heterocycles. The summed E-state index contributed by atoms with van der Waals surface area (Å²) in [6.07, 6.45) is 5.25. The highest BCUT2D eigenvalue weighted by atomic mass is 32.2. The van der Waals surface area contributed by atoms with E-state index < -0.39 is 0 Å². The molecule has 26 heavy (non-hydrogen) atoms. The molecule has 1 aromatic carbocycles. The minimum Gasteiger partial charge on any atom is -0.504 e. The molecule has 0 spiro atoms. The number of thioether (sulfide) groups is 1. The summed E-state index contributed by atoms with van der Waals surface area (Å²) in [4.78, 5) is 18.7.